The van der Waals surface area contributed by atoms with Crippen LogP contribution in [0.1, 0.15) is 11.1 Å². The Morgan fingerprint density at radius 1 is 1.36 bits per heavy atom. The molecule has 1 rings (SSSR count). The molecular weight excluding hydrogens is 270 g/mol. The van der Waals surface area contributed by atoms with E-state index in [1.807, 2.05) is 16.2 Å². The Labute approximate surface area is 85.4 Å². The van der Waals surface area contributed by atoms with Crippen LogP contribution in [-0.4, -0.2) is 0 Å². The van der Waals surface area contributed by atoms with Gasteiger partial charge in [-0.2, -0.15) is 0 Å². The van der Waals surface area contributed by atoms with E-state index in [0.717, 1.165) is 10.6 Å². The van der Waals surface area contributed by atoms with Gasteiger partial charge < -0.3 is 0 Å². The fourth-order valence-electron chi connectivity index (χ4n) is 0.776. The van der Waals surface area contributed by atoms with Gasteiger partial charge in [-0.1, -0.05) is 64.0 Å². The number of hydrogen-bond acceptors (Lipinski definition) is 0. The summed E-state index contributed by atoms with van der Waals surface area (Å²) >= 11 is 8.03. The van der Waals surface area contributed by atoms with E-state index in [9.17, 15) is 0 Å². The molecule has 58 valence electrons. The fourth-order valence-corrected chi connectivity index (χ4v) is 1.26. The maximum atomic E-state index is 5.90. The van der Waals surface area contributed by atoms with Crippen LogP contribution in [0.15, 0.2) is 28.3 Å². The molecule has 0 saturated heterocycles. The number of hydrogen-bond donors (Lipinski definition) is 0. The molecule has 0 aliphatic carbocycles. The molecule has 0 atom stereocenters. The Hall–Kier alpha value is -0.0200. The quantitative estimate of drug-likeness (QED) is 0.682. The highest BCUT2D eigenvalue weighted by Gasteiger charge is 1.94. The minimum Gasteiger partial charge on any atom is -0.0832 e. The SMILES string of the molecule is Cc1ccc(/C(Cl)=C\I)cc1. The molecule has 1 aromatic rings. The molecule has 0 N–H and O–H groups in total. The highest BCUT2D eigenvalue weighted by atomic mass is 127. The second kappa shape index (κ2) is 4.12. The molecule has 0 unspecified atom stereocenters. The third kappa shape index (κ3) is 2.49. The van der Waals surface area contributed by atoms with Gasteiger partial charge in [0.25, 0.3) is 0 Å². The van der Waals surface area contributed by atoms with Crippen LogP contribution in [-0.2, 0) is 0 Å². The van der Waals surface area contributed by atoms with E-state index >= 15 is 0 Å². The average Bonchev–Trinajstić information content (AvgIpc) is 2.05. The van der Waals surface area contributed by atoms with Crippen molar-refractivity contribution in [2.45, 2.75) is 6.92 Å². The molecule has 0 radical (unpaired) electrons. The third-order valence-corrected chi connectivity index (χ3v) is 2.74. The van der Waals surface area contributed by atoms with Crippen molar-refractivity contribution in [1.82, 2.24) is 0 Å². The van der Waals surface area contributed by atoms with Crippen LogP contribution in [0.5, 0.6) is 0 Å². The minimum absolute atomic E-state index is 0.797. The van der Waals surface area contributed by atoms with Crippen molar-refractivity contribution in [1.29, 1.82) is 0 Å². The summed E-state index contributed by atoms with van der Waals surface area (Å²) in [6.07, 6.45) is 0. The molecule has 0 heterocycles. The predicted molar refractivity (Wildman–Crippen MR) is 59.0 cm³/mol. The molecule has 2 heteroatoms. The fraction of sp³-hybridized carbons (Fsp3) is 0.111. The standard InChI is InChI=1S/C9H8ClI/c1-7-2-4-8(5-3-7)9(10)6-11/h2-6H,1H3/b9-6+. The summed E-state index contributed by atoms with van der Waals surface area (Å²) in [7, 11) is 0. The van der Waals surface area contributed by atoms with Crippen LogP contribution in [0.3, 0.4) is 0 Å². The molecule has 0 aliphatic heterocycles. The van der Waals surface area contributed by atoms with E-state index in [1.54, 1.807) is 0 Å². The summed E-state index contributed by atoms with van der Waals surface area (Å²) in [5.41, 5.74) is 2.33. The zero-order chi connectivity index (χ0) is 8.27. The van der Waals surface area contributed by atoms with E-state index in [0.29, 0.717) is 0 Å². The van der Waals surface area contributed by atoms with Crippen molar-refractivity contribution in [2.75, 3.05) is 0 Å². The van der Waals surface area contributed by atoms with Crippen LogP contribution < -0.4 is 0 Å². The first-order valence-electron chi connectivity index (χ1n) is 3.27. The highest BCUT2D eigenvalue weighted by Crippen LogP contribution is 2.20. The van der Waals surface area contributed by atoms with Gasteiger partial charge in [0, 0.05) is 0 Å². The topological polar surface area (TPSA) is 0 Å². The van der Waals surface area contributed by atoms with Crippen molar-refractivity contribution in [3.8, 4) is 0 Å². The Kier molecular flexibility index (Phi) is 3.40. The van der Waals surface area contributed by atoms with Gasteiger partial charge in [0.15, 0.2) is 0 Å². The van der Waals surface area contributed by atoms with Crippen LogP contribution in [0.2, 0.25) is 0 Å². The van der Waals surface area contributed by atoms with Crippen LogP contribution in [0, 0.1) is 6.92 Å². The largest absolute Gasteiger partial charge is 0.0832 e. The molecular formula is C9H8ClI. The molecule has 0 nitrogen and oxygen atoms in total. The van der Waals surface area contributed by atoms with Gasteiger partial charge in [-0.3, -0.25) is 0 Å². The molecule has 1 aromatic carbocycles. The molecule has 0 saturated carbocycles. The molecule has 0 fully saturated rings. The van der Waals surface area contributed by atoms with Crippen molar-refractivity contribution < 1.29 is 0 Å². The van der Waals surface area contributed by atoms with E-state index in [-0.39, 0.29) is 0 Å². The van der Waals surface area contributed by atoms with Gasteiger partial charge in [-0.05, 0) is 16.6 Å². The van der Waals surface area contributed by atoms with Gasteiger partial charge in [0.1, 0.15) is 0 Å². The predicted octanol–water partition coefficient (Wildman–Crippen LogP) is 3.97. The first-order valence-corrected chi connectivity index (χ1v) is 4.89. The monoisotopic (exact) mass is 278 g/mol. The molecule has 11 heavy (non-hydrogen) atoms. The van der Waals surface area contributed by atoms with Crippen molar-refractivity contribution in [3.63, 3.8) is 0 Å². The maximum absolute atomic E-state index is 5.90. The van der Waals surface area contributed by atoms with Gasteiger partial charge in [-0.15, -0.1) is 0 Å². The molecule has 0 aliphatic rings. The smallest absolute Gasteiger partial charge is 0.0538 e. The zero-order valence-electron chi connectivity index (χ0n) is 6.14. The van der Waals surface area contributed by atoms with E-state index in [2.05, 4.69) is 41.6 Å². The number of aryl methyl sites for hydroxylation is 1. The lowest BCUT2D eigenvalue weighted by Crippen LogP contribution is -1.76. The Morgan fingerprint density at radius 2 is 1.91 bits per heavy atom. The first kappa shape index (κ1) is 9.07. The second-order valence-corrected chi connectivity index (χ2v) is 3.35. The van der Waals surface area contributed by atoms with E-state index < -0.39 is 0 Å². The summed E-state index contributed by atoms with van der Waals surface area (Å²) in [6, 6.07) is 8.15. The number of rotatable bonds is 1. The number of benzene rings is 1. The number of halogens is 2. The third-order valence-electron chi connectivity index (χ3n) is 1.42. The molecule has 0 spiro atoms. The normalized spacial score (nSPS) is 11.7. The molecule has 0 aromatic heterocycles. The lowest BCUT2D eigenvalue weighted by atomic mass is 10.1. The Bertz CT molecular complexity index is 261. The average molecular weight is 279 g/mol. The van der Waals surface area contributed by atoms with Crippen LogP contribution in [0.4, 0.5) is 0 Å². The first-order chi connectivity index (χ1) is 5.24. The zero-order valence-corrected chi connectivity index (χ0v) is 9.06. The molecule has 0 bridgehead atoms. The summed E-state index contributed by atoms with van der Waals surface area (Å²) < 4.78 is 1.87. The van der Waals surface area contributed by atoms with E-state index in [1.165, 1.54) is 5.56 Å². The van der Waals surface area contributed by atoms with E-state index in [4.69, 9.17) is 11.6 Å². The summed E-state index contributed by atoms with van der Waals surface area (Å²) in [5.74, 6) is 0. The van der Waals surface area contributed by atoms with Crippen LogP contribution >= 0.6 is 34.2 Å². The lowest BCUT2D eigenvalue weighted by molar-refractivity contribution is 1.46. The van der Waals surface area contributed by atoms with Crippen LogP contribution in [0.25, 0.3) is 5.03 Å². The molecule has 0 amide bonds. The van der Waals surface area contributed by atoms with Gasteiger partial charge in [0.2, 0.25) is 0 Å². The van der Waals surface area contributed by atoms with Crippen molar-refractivity contribution >= 4 is 39.2 Å². The summed E-state index contributed by atoms with van der Waals surface area (Å²) in [5, 5.41) is 0.797. The minimum atomic E-state index is 0.797. The highest BCUT2D eigenvalue weighted by molar-refractivity contribution is 14.1. The second-order valence-electron chi connectivity index (χ2n) is 2.32. The summed E-state index contributed by atoms with van der Waals surface area (Å²) in [6.45, 7) is 2.06. The van der Waals surface area contributed by atoms with Crippen molar-refractivity contribution in [2.24, 2.45) is 0 Å². The Morgan fingerprint density at radius 3 is 2.36 bits per heavy atom. The summed E-state index contributed by atoms with van der Waals surface area (Å²) in [4.78, 5) is 0. The van der Waals surface area contributed by atoms with Crippen molar-refractivity contribution in [3.05, 3.63) is 39.5 Å². The maximum Gasteiger partial charge on any atom is 0.0538 e. The van der Waals surface area contributed by atoms with Gasteiger partial charge in [0.05, 0.1) is 5.03 Å². The van der Waals surface area contributed by atoms with Gasteiger partial charge in [-0.25, -0.2) is 0 Å². The van der Waals surface area contributed by atoms with Gasteiger partial charge >= 0.3 is 0 Å². The lowest BCUT2D eigenvalue weighted by Gasteiger charge is -1.97. The Balaban J connectivity index is 2.99.